The van der Waals surface area contributed by atoms with Gasteiger partial charge in [-0.15, -0.1) is 0 Å². The normalized spacial score (nSPS) is 28.1. The maximum Gasteiger partial charge on any atom is 0.118 e. The Kier molecular flexibility index (Phi) is 2.72. The molecule has 108 valence electrons. The molecule has 0 fully saturated rings. The molecule has 2 bridgehead atoms. The van der Waals surface area contributed by atoms with Crippen LogP contribution in [0.1, 0.15) is 43.6 Å². The Labute approximate surface area is 124 Å². The average Bonchev–Trinajstić information content (AvgIpc) is 2.83. The van der Waals surface area contributed by atoms with E-state index in [2.05, 4.69) is 71.6 Å². The van der Waals surface area contributed by atoms with Crippen molar-refractivity contribution in [3.05, 3.63) is 41.0 Å². The van der Waals surface area contributed by atoms with Gasteiger partial charge in [0, 0.05) is 0 Å². The molecular formula is C18H26OSi. The Bertz CT molecular complexity index is 601. The standard InChI is InChI=1S/C18H26OSi/c1-12-10-13-16(15(11-12)20(5,6)7)14-8-9-18(13,19-14)17(2,3)4/h8-11,14H,1-7H3. The predicted molar refractivity (Wildman–Crippen MR) is 88.3 cm³/mol. The molecule has 2 unspecified atom stereocenters. The summed E-state index contributed by atoms with van der Waals surface area (Å²) < 4.78 is 6.50. The van der Waals surface area contributed by atoms with Gasteiger partial charge in [0.15, 0.2) is 0 Å². The third-order valence-corrected chi connectivity index (χ3v) is 6.78. The van der Waals surface area contributed by atoms with Crippen molar-refractivity contribution in [2.24, 2.45) is 5.41 Å². The predicted octanol–water partition coefficient (Wildman–Crippen LogP) is 4.42. The fraction of sp³-hybridized carbons (Fsp3) is 0.556. The van der Waals surface area contributed by atoms with E-state index < -0.39 is 8.07 Å². The summed E-state index contributed by atoms with van der Waals surface area (Å²) in [5, 5.41) is 1.58. The van der Waals surface area contributed by atoms with Crippen LogP contribution in [0.25, 0.3) is 0 Å². The Morgan fingerprint density at radius 3 is 2.35 bits per heavy atom. The van der Waals surface area contributed by atoms with Crippen molar-refractivity contribution < 1.29 is 4.74 Å². The summed E-state index contributed by atoms with van der Waals surface area (Å²) in [7, 11) is -1.37. The zero-order chi connectivity index (χ0) is 14.9. The van der Waals surface area contributed by atoms with Crippen molar-refractivity contribution in [2.75, 3.05) is 0 Å². The number of hydrogen-bond acceptors (Lipinski definition) is 1. The first-order valence-electron chi connectivity index (χ1n) is 7.59. The van der Waals surface area contributed by atoms with Crippen molar-refractivity contribution in [2.45, 2.75) is 59.0 Å². The van der Waals surface area contributed by atoms with Crippen LogP contribution in [0.3, 0.4) is 0 Å². The van der Waals surface area contributed by atoms with Crippen LogP contribution in [0.15, 0.2) is 24.3 Å². The molecule has 2 atom stereocenters. The zero-order valence-corrected chi connectivity index (χ0v) is 14.8. The van der Waals surface area contributed by atoms with E-state index in [1.54, 1.807) is 5.19 Å². The lowest BCUT2D eigenvalue weighted by Gasteiger charge is -2.38. The van der Waals surface area contributed by atoms with E-state index in [1.165, 1.54) is 16.7 Å². The summed E-state index contributed by atoms with van der Waals surface area (Å²) in [5.41, 5.74) is 4.12. The first-order valence-corrected chi connectivity index (χ1v) is 11.1. The van der Waals surface area contributed by atoms with Crippen molar-refractivity contribution in [3.63, 3.8) is 0 Å². The number of benzene rings is 1. The molecule has 3 rings (SSSR count). The summed E-state index contributed by atoms with van der Waals surface area (Å²) in [6.07, 6.45) is 4.74. The van der Waals surface area contributed by atoms with E-state index in [-0.39, 0.29) is 17.1 Å². The zero-order valence-electron chi connectivity index (χ0n) is 13.8. The minimum Gasteiger partial charge on any atom is -0.354 e. The van der Waals surface area contributed by atoms with Crippen molar-refractivity contribution >= 4 is 13.3 Å². The van der Waals surface area contributed by atoms with Gasteiger partial charge in [-0.1, -0.05) is 69.4 Å². The second kappa shape index (κ2) is 3.86. The van der Waals surface area contributed by atoms with Crippen LogP contribution in [0.4, 0.5) is 0 Å². The van der Waals surface area contributed by atoms with E-state index in [0.29, 0.717) is 0 Å². The Morgan fingerprint density at radius 1 is 1.15 bits per heavy atom. The smallest absolute Gasteiger partial charge is 0.118 e. The molecule has 1 nitrogen and oxygen atoms in total. The molecule has 2 heteroatoms. The Morgan fingerprint density at radius 2 is 1.80 bits per heavy atom. The van der Waals surface area contributed by atoms with Crippen LogP contribution in [0, 0.1) is 12.3 Å². The van der Waals surface area contributed by atoms with Gasteiger partial charge in [-0.25, -0.2) is 0 Å². The lowest BCUT2D eigenvalue weighted by Crippen LogP contribution is -2.42. The molecule has 0 amide bonds. The molecule has 0 aromatic heterocycles. The number of fused-ring (bicyclic) bond motifs is 5. The molecular weight excluding hydrogens is 260 g/mol. The van der Waals surface area contributed by atoms with Gasteiger partial charge in [-0.2, -0.15) is 0 Å². The molecule has 1 aromatic rings. The Balaban J connectivity index is 2.31. The summed E-state index contributed by atoms with van der Waals surface area (Å²) in [6, 6.07) is 4.76. The van der Waals surface area contributed by atoms with Crippen LogP contribution in [0.5, 0.6) is 0 Å². The second-order valence-electron chi connectivity index (χ2n) is 8.41. The highest BCUT2D eigenvalue weighted by molar-refractivity contribution is 6.89. The van der Waals surface area contributed by atoms with Crippen molar-refractivity contribution in [1.29, 1.82) is 0 Å². The van der Waals surface area contributed by atoms with Gasteiger partial charge in [0.1, 0.15) is 11.7 Å². The van der Waals surface area contributed by atoms with Gasteiger partial charge in [0.05, 0.1) is 8.07 Å². The highest BCUT2D eigenvalue weighted by atomic mass is 28.3. The van der Waals surface area contributed by atoms with E-state index >= 15 is 0 Å². The van der Waals surface area contributed by atoms with Gasteiger partial charge >= 0.3 is 0 Å². The average molecular weight is 286 g/mol. The highest BCUT2D eigenvalue weighted by Crippen LogP contribution is 2.58. The van der Waals surface area contributed by atoms with Crippen LogP contribution >= 0.6 is 0 Å². The molecule has 0 radical (unpaired) electrons. The fourth-order valence-electron chi connectivity index (χ4n) is 3.67. The second-order valence-corrected chi connectivity index (χ2v) is 13.4. The number of ether oxygens (including phenoxy) is 1. The third-order valence-electron chi connectivity index (χ3n) is 4.75. The first kappa shape index (κ1) is 14.1. The number of aryl methyl sites for hydroxylation is 1. The van der Waals surface area contributed by atoms with E-state index in [1.807, 2.05) is 0 Å². The minimum absolute atomic E-state index is 0.0774. The fourth-order valence-corrected chi connectivity index (χ4v) is 5.42. The molecule has 2 aliphatic rings. The molecule has 0 aliphatic carbocycles. The lowest BCUT2D eigenvalue weighted by molar-refractivity contribution is -0.0752. The van der Waals surface area contributed by atoms with Crippen LogP contribution in [-0.4, -0.2) is 8.07 Å². The first-order chi connectivity index (χ1) is 9.06. The van der Waals surface area contributed by atoms with Gasteiger partial charge in [-0.3, -0.25) is 0 Å². The monoisotopic (exact) mass is 286 g/mol. The molecule has 0 saturated carbocycles. The molecule has 20 heavy (non-hydrogen) atoms. The molecule has 1 aromatic carbocycles. The van der Waals surface area contributed by atoms with E-state index in [0.717, 1.165) is 0 Å². The summed E-state index contributed by atoms with van der Waals surface area (Å²) >= 11 is 0. The topological polar surface area (TPSA) is 9.23 Å². The maximum atomic E-state index is 6.50. The number of rotatable bonds is 1. The van der Waals surface area contributed by atoms with Gasteiger partial charge in [0.2, 0.25) is 0 Å². The molecule has 2 aliphatic heterocycles. The maximum absolute atomic E-state index is 6.50. The largest absolute Gasteiger partial charge is 0.354 e. The van der Waals surface area contributed by atoms with E-state index in [4.69, 9.17) is 4.74 Å². The minimum atomic E-state index is -1.37. The third kappa shape index (κ3) is 1.71. The molecule has 0 N–H and O–H groups in total. The van der Waals surface area contributed by atoms with Gasteiger partial charge in [-0.05, 0) is 29.5 Å². The van der Waals surface area contributed by atoms with Crippen molar-refractivity contribution in [3.8, 4) is 0 Å². The summed E-state index contributed by atoms with van der Waals surface area (Å²) in [6.45, 7) is 16.4. The lowest BCUT2D eigenvalue weighted by atomic mass is 9.70. The van der Waals surface area contributed by atoms with Crippen LogP contribution < -0.4 is 5.19 Å². The molecule has 0 spiro atoms. The van der Waals surface area contributed by atoms with Gasteiger partial charge in [0.25, 0.3) is 0 Å². The summed E-state index contributed by atoms with van der Waals surface area (Å²) in [5.74, 6) is 0. The van der Waals surface area contributed by atoms with Crippen LogP contribution in [-0.2, 0) is 10.3 Å². The highest BCUT2D eigenvalue weighted by Gasteiger charge is 2.54. The summed E-state index contributed by atoms with van der Waals surface area (Å²) in [4.78, 5) is 0. The Hall–Kier alpha value is -0.863. The molecule has 2 heterocycles. The quantitative estimate of drug-likeness (QED) is 0.548. The van der Waals surface area contributed by atoms with Crippen molar-refractivity contribution in [1.82, 2.24) is 0 Å². The van der Waals surface area contributed by atoms with Crippen LogP contribution in [0.2, 0.25) is 19.6 Å². The molecule has 0 saturated heterocycles. The van der Waals surface area contributed by atoms with E-state index in [9.17, 15) is 0 Å². The van der Waals surface area contributed by atoms with Gasteiger partial charge < -0.3 is 4.74 Å². The SMILES string of the molecule is Cc1cc2c(c([Si](C)(C)C)c1)C1C=CC2(C(C)(C)C)O1. The number of hydrogen-bond donors (Lipinski definition) is 0.